The van der Waals surface area contributed by atoms with Crippen molar-refractivity contribution in [1.82, 2.24) is 5.06 Å². The van der Waals surface area contributed by atoms with Crippen molar-refractivity contribution < 1.29 is 9.53 Å². The third-order valence-electron chi connectivity index (χ3n) is 3.98. The van der Waals surface area contributed by atoms with E-state index in [1.165, 1.54) is 0 Å². The maximum absolute atomic E-state index is 12.0. The molecule has 16 heavy (non-hydrogen) atoms. The van der Waals surface area contributed by atoms with Crippen LogP contribution in [-0.2, 0) is 9.53 Å². The SMILES string of the molecule is CC(C)[C@@H]1CC[C@@H](C)C[C@]12OC(=O)CN2[O-]. The van der Waals surface area contributed by atoms with Gasteiger partial charge in [-0.3, -0.25) is 4.79 Å². The van der Waals surface area contributed by atoms with Gasteiger partial charge in [-0.25, -0.2) is 0 Å². The van der Waals surface area contributed by atoms with Crippen molar-refractivity contribution in [3.05, 3.63) is 5.21 Å². The van der Waals surface area contributed by atoms with Crippen molar-refractivity contribution in [3.8, 4) is 0 Å². The van der Waals surface area contributed by atoms with Crippen LogP contribution in [0.1, 0.15) is 40.0 Å². The summed E-state index contributed by atoms with van der Waals surface area (Å²) in [5.74, 6) is 0.634. The number of ether oxygens (including phenoxy) is 1. The van der Waals surface area contributed by atoms with E-state index in [9.17, 15) is 10.0 Å². The van der Waals surface area contributed by atoms with Crippen LogP contribution in [0.15, 0.2) is 0 Å². The Morgan fingerprint density at radius 2 is 2.19 bits per heavy atom. The van der Waals surface area contributed by atoms with Gasteiger partial charge in [-0.1, -0.05) is 27.2 Å². The van der Waals surface area contributed by atoms with Crippen molar-refractivity contribution in [1.29, 1.82) is 0 Å². The maximum Gasteiger partial charge on any atom is 0.321 e. The lowest BCUT2D eigenvalue weighted by Crippen LogP contribution is -2.53. The summed E-state index contributed by atoms with van der Waals surface area (Å²) in [6.07, 6.45) is 2.78. The Labute approximate surface area is 96.5 Å². The monoisotopic (exact) mass is 226 g/mol. The first kappa shape index (κ1) is 11.9. The van der Waals surface area contributed by atoms with Crippen LogP contribution in [0, 0.1) is 23.0 Å². The third-order valence-corrected chi connectivity index (χ3v) is 3.98. The molecular formula is C12H20NO3-. The minimum absolute atomic E-state index is 0.101. The molecule has 0 aromatic heterocycles. The first-order valence-corrected chi connectivity index (χ1v) is 6.12. The van der Waals surface area contributed by atoms with E-state index in [-0.39, 0.29) is 18.4 Å². The average molecular weight is 226 g/mol. The van der Waals surface area contributed by atoms with Crippen LogP contribution in [0.25, 0.3) is 0 Å². The van der Waals surface area contributed by atoms with Gasteiger partial charge < -0.3 is 15.0 Å². The summed E-state index contributed by atoms with van der Waals surface area (Å²) >= 11 is 0. The highest BCUT2D eigenvalue weighted by atomic mass is 16.7. The van der Waals surface area contributed by atoms with Crippen LogP contribution >= 0.6 is 0 Å². The largest absolute Gasteiger partial charge is 0.782 e. The van der Waals surface area contributed by atoms with Gasteiger partial charge in [0.05, 0.1) is 6.54 Å². The molecule has 0 aromatic carbocycles. The van der Waals surface area contributed by atoms with E-state index in [0.29, 0.717) is 18.3 Å². The first-order valence-electron chi connectivity index (χ1n) is 6.12. The molecule has 0 amide bonds. The Morgan fingerprint density at radius 1 is 1.50 bits per heavy atom. The van der Waals surface area contributed by atoms with E-state index >= 15 is 0 Å². The molecule has 0 aromatic rings. The van der Waals surface area contributed by atoms with E-state index in [4.69, 9.17) is 4.74 Å². The number of carbonyl (C=O) groups excluding carboxylic acids is 1. The fraction of sp³-hybridized carbons (Fsp3) is 0.917. The van der Waals surface area contributed by atoms with Crippen LogP contribution in [0.5, 0.6) is 0 Å². The number of carbonyl (C=O) groups is 1. The summed E-state index contributed by atoms with van der Waals surface area (Å²) in [4.78, 5) is 11.3. The number of hydrogen-bond acceptors (Lipinski definition) is 4. The maximum atomic E-state index is 12.0. The molecule has 1 saturated carbocycles. The van der Waals surface area contributed by atoms with Crippen LogP contribution < -0.4 is 0 Å². The zero-order valence-corrected chi connectivity index (χ0v) is 10.2. The predicted octanol–water partition coefficient (Wildman–Crippen LogP) is 2.13. The first-order chi connectivity index (χ1) is 7.45. The standard InChI is InChI=1S/C12H20NO3/c1-8(2)10-5-4-9(3)6-12(10)13(15)7-11(14)16-12/h8-10H,4-7H2,1-3H3/q-1/t9-,10+,12+/m1/s1. The Kier molecular flexibility index (Phi) is 2.97. The zero-order valence-electron chi connectivity index (χ0n) is 10.2. The quantitative estimate of drug-likeness (QED) is 0.643. The molecule has 0 unspecified atom stereocenters. The van der Waals surface area contributed by atoms with Crippen molar-refractivity contribution in [2.45, 2.75) is 45.8 Å². The second-order valence-electron chi connectivity index (χ2n) is 5.59. The van der Waals surface area contributed by atoms with Crippen molar-refractivity contribution >= 4 is 5.97 Å². The molecule has 4 nitrogen and oxygen atoms in total. The molecule has 1 heterocycles. The topological polar surface area (TPSA) is 52.6 Å². The molecule has 2 rings (SSSR count). The minimum Gasteiger partial charge on any atom is -0.782 e. The van der Waals surface area contributed by atoms with Crippen molar-refractivity contribution in [2.24, 2.45) is 17.8 Å². The normalized spacial score (nSPS) is 40.7. The lowest BCUT2D eigenvalue weighted by atomic mass is 9.71. The van der Waals surface area contributed by atoms with Gasteiger partial charge in [-0.05, 0) is 18.3 Å². The van der Waals surface area contributed by atoms with Gasteiger partial charge in [0.1, 0.15) is 0 Å². The van der Waals surface area contributed by atoms with Crippen LogP contribution in [0.4, 0.5) is 0 Å². The predicted molar refractivity (Wildman–Crippen MR) is 60.2 cm³/mol. The molecule has 1 aliphatic carbocycles. The van der Waals surface area contributed by atoms with Gasteiger partial charge in [0.25, 0.3) is 0 Å². The highest BCUT2D eigenvalue weighted by Gasteiger charge is 2.52. The molecule has 0 radical (unpaired) electrons. The molecule has 1 spiro atoms. The highest BCUT2D eigenvalue weighted by Crippen LogP contribution is 2.47. The van der Waals surface area contributed by atoms with Crippen molar-refractivity contribution in [2.75, 3.05) is 6.54 Å². The Morgan fingerprint density at radius 3 is 2.69 bits per heavy atom. The fourth-order valence-electron chi connectivity index (χ4n) is 3.23. The molecule has 1 aliphatic heterocycles. The highest BCUT2D eigenvalue weighted by molar-refractivity contribution is 5.74. The molecule has 0 bridgehead atoms. The lowest BCUT2D eigenvalue weighted by molar-refractivity contribution is -0.176. The lowest BCUT2D eigenvalue weighted by Gasteiger charge is -2.51. The summed E-state index contributed by atoms with van der Waals surface area (Å²) in [5.41, 5.74) is -0.858. The number of esters is 1. The smallest absolute Gasteiger partial charge is 0.321 e. The average Bonchev–Trinajstić information content (AvgIpc) is 2.41. The molecule has 1 saturated heterocycles. The molecular weight excluding hydrogens is 206 g/mol. The van der Waals surface area contributed by atoms with Crippen molar-refractivity contribution in [3.63, 3.8) is 0 Å². The van der Waals surface area contributed by atoms with Gasteiger partial charge in [0.2, 0.25) is 0 Å². The number of hydroxylamine groups is 2. The summed E-state index contributed by atoms with van der Waals surface area (Å²) in [6.45, 7) is 6.22. The van der Waals surface area contributed by atoms with Gasteiger partial charge >= 0.3 is 5.97 Å². The second-order valence-corrected chi connectivity index (χ2v) is 5.59. The summed E-state index contributed by atoms with van der Waals surface area (Å²) in [5, 5.41) is 12.9. The second kappa shape index (κ2) is 4.00. The van der Waals surface area contributed by atoms with Gasteiger partial charge in [0.15, 0.2) is 5.72 Å². The van der Waals surface area contributed by atoms with Gasteiger partial charge in [-0.15, -0.1) is 0 Å². The molecule has 92 valence electrons. The molecule has 2 aliphatic rings. The Balaban J connectivity index is 2.28. The van der Waals surface area contributed by atoms with E-state index in [1.54, 1.807) is 0 Å². The Hall–Kier alpha value is -0.610. The molecule has 3 atom stereocenters. The minimum atomic E-state index is -0.858. The van der Waals surface area contributed by atoms with Crippen LogP contribution in [-0.4, -0.2) is 23.3 Å². The van der Waals surface area contributed by atoms with Gasteiger partial charge in [0, 0.05) is 12.3 Å². The summed E-state index contributed by atoms with van der Waals surface area (Å²) in [6, 6.07) is 0. The number of nitrogens with zero attached hydrogens (tertiary/aromatic N) is 1. The van der Waals surface area contributed by atoms with E-state index in [1.807, 2.05) is 0 Å². The van der Waals surface area contributed by atoms with Gasteiger partial charge in [-0.2, -0.15) is 0 Å². The summed E-state index contributed by atoms with van der Waals surface area (Å²) in [7, 11) is 0. The number of rotatable bonds is 1. The summed E-state index contributed by atoms with van der Waals surface area (Å²) < 4.78 is 5.42. The van der Waals surface area contributed by atoms with E-state index in [2.05, 4.69) is 20.8 Å². The van der Waals surface area contributed by atoms with Crippen LogP contribution in [0.2, 0.25) is 0 Å². The molecule has 2 fully saturated rings. The van der Waals surface area contributed by atoms with Crippen LogP contribution in [0.3, 0.4) is 0 Å². The number of hydrogen-bond donors (Lipinski definition) is 0. The third kappa shape index (κ3) is 1.74. The van der Waals surface area contributed by atoms with E-state index < -0.39 is 5.72 Å². The molecule has 4 heteroatoms. The van der Waals surface area contributed by atoms with E-state index in [0.717, 1.165) is 17.9 Å². The molecule has 0 N–H and O–H groups in total. The fourth-order valence-corrected chi connectivity index (χ4v) is 3.23. The Bertz CT molecular complexity index is 292. The zero-order chi connectivity index (χ0) is 11.9.